The molecule has 1 aromatic heterocycles. The van der Waals surface area contributed by atoms with Crippen LogP contribution in [0.15, 0.2) is 90.8 Å². The van der Waals surface area contributed by atoms with Crippen molar-refractivity contribution in [1.29, 1.82) is 0 Å². The molecule has 3 nitrogen and oxygen atoms in total. The van der Waals surface area contributed by atoms with Gasteiger partial charge in [0.05, 0.1) is 5.69 Å². The molecule has 158 valence electrons. The molecule has 31 heavy (non-hydrogen) atoms. The Labute approximate surface area is 186 Å². The standard InChI is InChI=1S/C28H31N3/c1-5-10-21(3)18-26(11-6-2)24-16-14-23(15-17-24)19-29-28-22(4)27(30-20-31-28)25-12-8-7-9-13-25/h6-18,20H,5,19H2,1-4H3,(H,29,30,31)/b11-6-,21-10+,26-18+. The summed E-state index contributed by atoms with van der Waals surface area (Å²) in [6, 6.07) is 18.9. The zero-order valence-electron chi connectivity index (χ0n) is 18.9. The number of benzene rings is 2. The van der Waals surface area contributed by atoms with Crippen LogP contribution in [-0.4, -0.2) is 9.97 Å². The minimum Gasteiger partial charge on any atom is -0.366 e. The van der Waals surface area contributed by atoms with Gasteiger partial charge in [0.2, 0.25) is 0 Å². The summed E-state index contributed by atoms with van der Waals surface area (Å²) in [5, 5.41) is 3.47. The third-order valence-corrected chi connectivity index (χ3v) is 5.13. The van der Waals surface area contributed by atoms with Crippen LogP contribution in [0.4, 0.5) is 5.82 Å². The van der Waals surface area contributed by atoms with Crippen molar-refractivity contribution in [2.45, 2.75) is 40.7 Å². The van der Waals surface area contributed by atoms with Crippen LogP contribution in [0.5, 0.6) is 0 Å². The highest BCUT2D eigenvalue weighted by Crippen LogP contribution is 2.25. The molecule has 1 N–H and O–H groups in total. The molecule has 0 spiro atoms. The number of nitrogens with one attached hydrogen (secondary N) is 1. The second-order valence-electron chi connectivity index (χ2n) is 7.57. The van der Waals surface area contributed by atoms with Crippen LogP contribution in [0.1, 0.15) is 43.9 Å². The van der Waals surface area contributed by atoms with Crippen LogP contribution >= 0.6 is 0 Å². The van der Waals surface area contributed by atoms with E-state index in [4.69, 9.17) is 0 Å². The quantitative estimate of drug-likeness (QED) is 0.394. The molecule has 2 aromatic carbocycles. The van der Waals surface area contributed by atoms with E-state index in [1.54, 1.807) is 6.33 Å². The summed E-state index contributed by atoms with van der Waals surface area (Å²) < 4.78 is 0. The monoisotopic (exact) mass is 409 g/mol. The third-order valence-electron chi connectivity index (χ3n) is 5.13. The maximum Gasteiger partial charge on any atom is 0.133 e. The van der Waals surface area contributed by atoms with Gasteiger partial charge in [-0.1, -0.05) is 91.4 Å². The Hall–Kier alpha value is -3.46. The molecule has 3 aromatic rings. The van der Waals surface area contributed by atoms with Crippen LogP contribution in [0.25, 0.3) is 16.8 Å². The first-order valence-electron chi connectivity index (χ1n) is 10.8. The molecule has 0 aliphatic heterocycles. The summed E-state index contributed by atoms with van der Waals surface area (Å²) in [4.78, 5) is 8.93. The Morgan fingerprint density at radius 3 is 2.42 bits per heavy atom. The van der Waals surface area contributed by atoms with Gasteiger partial charge in [-0.3, -0.25) is 0 Å². The highest BCUT2D eigenvalue weighted by Gasteiger charge is 2.09. The molecular formula is C28H31N3. The minimum atomic E-state index is 0.712. The van der Waals surface area contributed by atoms with Crippen LogP contribution in [0.2, 0.25) is 0 Å². The largest absolute Gasteiger partial charge is 0.366 e. The molecule has 0 fully saturated rings. The Morgan fingerprint density at radius 1 is 1.00 bits per heavy atom. The van der Waals surface area contributed by atoms with E-state index < -0.39 is 0 Å². The van der Waals surface area contributed by atoms with Gasteiger partial charge in [0, 0.05) is 17.7 Å². The van der Waals surface area contributed by atoms with Crippen molar-refractivity contribution in [2.75, 3.05) is 5.32 Å². The van der Waals surface area contributed by atoms with E-state index in [0.717, 1.165) is 29.1 Å². The van der Waals surface area contributed by atoms with E-state index in [0.29, 0.717) is 6.54 Å². The molecule has 3 heteroatoms. The van der Waals surface area contributed by atoms with Crippen LogP contribution in [0, 0.1) is 6.92 Å². The third kappa shape index (κ3) is 6.02. The lowest BCUT2D eigenvalue weighted by Gasteiger charge is -2.12. The van der Waals surface area contributed by atoms with Gasteiger partial charge < -0.3 is 5.32 Å². The van der Waals surface area contributed by atoms with Crippen LogP contribution < -0.4 is 5.32 Å². The highest BCUT2D eigenvalue weighted by molar-refractivity contribution is 5.76. The van der Waals surface area contributed by atoms with Gasteiger partial charge in [-0.15, -0.1) is 0 Å². The number of anilines is 1. The van der Waals surface area contributed by atoms with Gasteiger partial charge in [0.25, 0.3) is 0 Å². The number of aromatic nitrogens is 2. The lowest BCUT2D eigenvalue weighted by Crippen LogP contribution is -2.05. The minimum absolute atomic E-state index is 0.712. The van der Waals surface area contributed by atoms with Crippen LogP contribution in [0.3, 0.4) is 0 Å². The second kappa shape index (κ2) is 11.1. The molecule has 0 bridgehead atoms. The summed E-state index contributed by atoms with van der Waals surface area (Å²) in [6.07, 6.45) is 11.4. The molecular weight excluding hydrogens is 378 g/mol. The van der Waals surface area contributed by atoms with E-state index in [1.807, 2.05) is 18.2 Å². The van der Waals surface area contributed by atoms with Gasteiger partial charge >= 0.3 is 0 Å². The first-order valence-corrected chi connectivity index (χ1v) is 10.8. The Balaban J connectivity index is 1.74. The Morgan fingerprint density at radius 2 is 1.74 bits per heavy atom. The lowest BCUT2D eigenvalue weighted by atomic mass is 10.0. The normalized spacial score (nSPS) is 12.4. The van der Waals surface area contributed by atoms with Gasteiger partial charge in [-0.05, 0) is 43.9 Å². The summed E-state index contributed by atoms with van der Waals surface area (Å²) in [7, 11) is 0. The molecule has 0 saturated carbocycles. The summed E-state index contributed by atoms with van der Waals surface area (Å²) in [6.45, 7) is 9.15. The predicted molar refractivity (Wildman–Crippen MR) is 133 cm³/mol. The van der Waals surface area contributed by atoms with Gasteiger partial charge in [-0.25, -0.2) is 9.97 Å². The average molecular weight is 410 g/mol. The fourth-order valence-corrected chi connectivity index (χ4v) is 3.55. The fraction of sp³-hybridized carbons (Fsp3) is 0.214. The van der Waals surface area contributed by atoms with Crippen molar-refractivity contribution >= 4 is 11.4 Å². The number of allylic oxidation sites excluding steroid dienone is 6. The lowest BCUT2D eigenvalue weighted by molar-refractivity contribution is 1.06. The van der Waals surface area contributed by atoms with Gasteiger partial charge in [-0.2, -0.15) is 0 Å². The van der Waals surface area contributed by atoms with Crippen molar-refractivity contribution in [1.82, 2.24) is 9.97 Å². The van der Waals surface area contributed by atoms with E-state index in [-0.39, 0.29) is 0 Å². The Bertz CT molecular complexity index is 1080. The summed E-state index contributed by atoms with van der Waals surface area (Å²) in [5.74, 6) is 0.868. The highest BCUT2D eigenvalue weighted by atomic mass is 15.0. The molecule has 0 saturated heterocycles. The molecule has 0 unspecified atom stereocenters. The predicted octanol–water partition coefficient (Wildman–Crippen LogP) is 7.38. The van der Waals surface area contributed by atoms with E-state index in [2.05, 4.69) is 104 Å². The molecule has 1 heterocycles. The molecule has 0 aliphatic rings. The zero-order valence-corrected chi connectivity index (χ0v) is 18.9. The fourth-order valence-electron chi connectivity index (χ4n) is 3.55. The van der Waals surface area contributed by atoms with Crippen molar-refractivity contribution in [3.63, 3.8) is 0 Å². The Kier molecular flexibility index (Phi) is 7.94. The van der Waals surface area contributed by atoms with Gasteiger partial charge in [0.1, 0.15) is 12.1 Å². The van der Waals surface area contributed by atoms with E-state index in [1.165, 1.54) is 22.3 Å². The second-order valence-corrected chi connectivity index (χ2v) is 7.57. The topological polar surface area (TPSA) is 37.8 Å². The molecule has 0 aliphatic carbocycles. The zero-order chi connectivity index (χ0) is 22.1. The van der Waals surface area contributed by atoms with Crippen molar-refractivity contribution < 1.29 is 0 Å². The SMILES string of the molecule is C\C=C/C(=C\C(C)=C\CC)c1ccc(CNc2ncnc(-c3ccccc3)c2C)cc1. The van der Waals surface area contributed by atoms with Gasteiger partial charge in [0.15, 0.2) is 0 Å². The van der Waals surface area contributed by atoms with Crippen molar-refractivity contribution in [3.8, 4) is 11.3 Å². The first-order chi connectivity index (χ1) is 15.1. The molecule has 0 atom stereocenters. The maximum absolute atomic E-state index is 4.48. The van der Waals surface area contributed by atoms with Crippen molar-refractivity contribution in [2.24, 2.45) is 0 Å². The summed E-state index contributed by atoms with van der Waals surface area (Å²) >= 11 is 0. The maximum atomic E-state index is 4.48. The smallest absolute Gasteiger partial charge is 0.133 e. The molecule has 3 rings (SSSR count). The van der Waals surface area contributed by atoms with E-state index in [9.17, 15) is 0 Å². The number of hydrogen-bond acceptors (Lipinski definition) is 3. The molecule has 0 amide bonds. The number of nitrogens with zero attached hydrogens (tertiary/aromatic N) is 2. The van der Waals surface area contributed by atoms with E-state index >= 15 is 0 Å². The number of rotatable bonds is 8. The molecule has 0 radical (unpaired) electrons. The first kappa shape index (κ1) is 22.2. The van der Waals surface area contributed by atoms with Crippen LogP contribution in [-0.2, 0) is 6.54 Å². The number of hydrogen-bond donors (Lipinski definition) is 1. The summed E-state index contributed by atoms with van der Waals surface area (Å²) in [5.41, 5.74) is 8.06. The average Bonchev–Trinajstić information content (AvgIpc) is 2.79. The van der Waals surface area contributed by atoms with Crippen molar-refractivity contribution in [3.05, 3.63) is 107 Å².